The number of nitrogens with one attached hydrogen (secondary N) is 1. The van der Waals surface area contributed by atoms with Gasteiger partial charge >= 0.3 is 16.3 Å². The maximum Gasteiger partial charge on any atom is 0.357 e. The van der Waals surface area contributed by atoms with Crippen molar-refractivity contribution in [1.82, 2.24) is 4.72 Å². The van der Waals surface area contributed by atoms with E-state index in [9.17, 15) is 13.2 Å². The summed E-state index contributed by atoms with van der Waals surface area (Å²) in [5.74, 6) is -0.777. The fraction of sp³-hybridized carbons (Fsp3) is 0.700. The summed E-state index contributed by atoms with van der Waals surface area (Å²) in [4.78, 5) is 11.4. The van der Waals surface area contributed by atoms with Gasteiger partial charge in [0.2, 0.25) is 0 Å². The summed E-state index contributed by atoms with van der Waals surface area (Å²) in [7, 11) is -4.45. The van der Waals surface area contributed by atoms with Crippen LogP contribution in [0.25, 0.3) is 0 Å². The van der Waals surface area contributed by atoms with Crippen molar-refractivity contribution in [3.8, 4) is 0 Å². The van der Waals surface area contributed by atoms with Gasteiger partial charge < -0.3 is 4.74 Å². The second-order valence-corrected chi connectivity index (χ2v) is 4.63. The Balaban J connectivity index is 4.60. The number of rotatable bonds is 8. The van der Waals surface area contributed by atoms with Gasteiger partial charge in [0, 0.05) is 0 Å². The average Bonchev–Trinajstić information content (AvgIpc) is 2.23. The number of esters is 1. The predicted molar refractivity (Wildman–Crippen MR) is 63.5 cm³/mol. The van der Waals surface area contributed by atoms with E-state index < -0.39 is 16.3 Å². The van der Waals surface area contributed by atoms with Crippen molar-refractivity contribution in [3.05, 3.63) is 11.8 Å². The zero-order valence-electron chi connectivity index (χ0n) is 10.1. The zero-order chi connectivity index (χ0) is 13.3. The van der Waals surface area contributed by atoms with Gasteiger partial charge in [-0.3, -0.25) is 9.27 Å². The molecule has 0 rings (SSSR count). The molecule has 6 nitrogen and oxygen atoms in total. The Labute approximate surface area is 102 Å². The van der Waals surface area contributed by atoms with E-state index in [2.05, 4.69) is 0 Å². The van der Waals surface area contributed by atoms with Gasteiger partial charge in [-0.05, 0) is 19.3 Å². The summed E-state index contributed by atoms with van der Waals surface area (Å²) >= 11 is 0. The Bertz CT molecular complexity index is 361. The largest absolute Gasteiger partial charge is 0.461 e. The molecule has 17 heavy (non-hydrogen) atoms. The topological polar surface area (TPSA) is 92.7 Å². The highest BCUT2D eigenvalue weighted by Crippen LogP contribution is 2.03. The van der Waals surface area contributed by atoms with Crippen LogP contribution < -0.4 is 4.72 Å². The maximum atomic E-state index is 11.4. The number of allylic oxidation sites excluding steroid dienone is 1. The molecule has 7 heteroatoms. The molecular weight excluding hydrogens is 246 g/mol. The summed E-state index contributed by atoms with van der Waals surface area (Å²) in [6, 6.07) is 0. The molecule has 0 aromatic heterocycles. The van der Waals surface area contributed by atoms with Crippen molar-refractivity contribution in [2.45, 2.75) is 39.5 Å². The second-order valence-electron chi connectivity index (χ2n) is 3.47. The minimum atomic E-state index is -4.45. The van der Waals surface area contributed by atoms with Crippen molar-refractivity contribution in [1.29, 1.82) is 0 Å². The lowest BCUT2D eigenvalue weighted by Gasteiger charge is -2.08. The lowest BCUT2D eigenvalue weighted by Crippen LogP contribution is -2.28. The molecule has 0 bridgehead atoms. The molecule has 0 radical (unpaired) electrons. The molecule has 0 unspecified atom stereocenters. The van der Waals surface area contributed by atoms with Gasteiger partial charge in [0.25, 0.3) is 0 Å². The first-order chi connectivity index (χ1) is 7.90. The van der Waals surface area contributed by atoms with Crippen molar-refractivity contribution in [2.24, 2.45) is 0 Å². The van der Waals surface area contributed by atoms with Gasteiger partial charge in [0.1, 0.15) is 5.70 Å². The van der Waals surface area contributed by atoms with Crippen LogP contribution in [0.2, 0.25) is 0 Å². The lowest BCUT2D eigenvalue weighted by molar-refractivity contribution is -0.139. The Morgan fingerprint density at radius 2 is 2.00 bits per heavy atom. The van der Waals surface area contributed by atoms with Gasteiger partial charge in [-0.2, -0.15) is 8.42 Å². The highest BCUT2D eigenvalue weighted by atomic mass is 32.2. The molecule has 0 aliphatic heterocycles. The van der Waals surface area contributed by atoms with Crippen LogP contribution in [0.1, 0.15) is 39.5 Å². The molecule has 0 saturated carbocycles. The smallest absolute Gasteiger partial charge is 0.357 e. The number of carbonyl (C=O) groups is 1. The Kier molecular flexibility index (Phi) is 7.56. The van der Waals surface area contributed by atoms with Gasteiger partial charge in [-0.1, -0.05) is 26.3 Å². The van der Waals surface area contributed by atoms with E-state index in [0.717, 1.165) is 12.8 Å². The van der Waals surface area contributed by atoms with Crippen molar-refractivity contribution < 1.29 is 22.5 Å². The highest BCUT2D eigenvalue weighted by Gasteiger charge is 2.15. The Morgan fingerprint density at radius 3 is 2.47 bits per heavy atom. The molecule has 0 saturated heterocycles. The van der Waals surface area contributed by atoms with Crippen LogP contribution in [0, 0.1) is 0 Å². The number of unbranched alkanes of at least 4 members (excludes halogenated alkanes) is 2. The minimum Gasteiger partial charge on any atom is -0.461 e. The molecule has 2 N–H and O–H groups in total. The Morgan fingerprint density at radius 1 is 1.35 bits per heavy atom. The normalized spacial score (nSPS) is 12.3. The molecular formula is C10H19NO5S. The molecule has 0 aromatic rings. The monoisotopic (exact) mass is 265 g/mol. The van der Waals surface area contributed by atoms with Crippen LogP contribution in [0.3, 0.4) is 0 Å². The SMILES string of the molecule is CCCCC=C(NS(=O)(=O)O)C(=O)OCCC. The van der Waals surface area contributed by atoms with Gasteiger partial charge in [0.15, 0.2) is 0 Å². The van der Waals surface area contributed by atoms with Crippen molar-refractivity contribution in [2.75, 3.05) is 6.61 Å². The van der Waals surface area contributed by atoms with Gasteiger partial charge in [0.05, 0.1) is 6.61 Å². The number of ether oxygens (including phenoxy) is 1. The first-order valence-electron chi connectivity index (χ1n) is 5.53. The van der Waals surface area contributed by atoms with Crippen LogP contribution in [-0.2, 0) is 19.8 Å². The molecule has 0 atom stereocenters. The first-order valence-corrected chi connectivity index (χ1v) is 6.97. The highest BCUT2D eigenvalue weighted by molar-refractivity contribution is 7.83. The number of carbonyl (C=O) groups excluding carboxylic acids is 1. The minimum absolute atomic E-state index is 0.205. The molecule has 0 aromatic carbocycles. The Hall–Kier alpha value is -1.08. The van der Waals surface area contributed by atoms with Crippen molar-refractivity contribution in [3.63, 3.8) is 0 Å². The van der Waals surface area contributed by atoms with Crippen LogP contribution >= 0.6 is 0 Å². The lowest BCUT2D eigenvalue weighted by atomic mass is 10.2. The molecule has 0 heterocycles. The molecule has 0 aliphatic carbocycles. The summed E-state index contributed by atoms with van der Waals surface area (Å²) in [6.07, 6.45) is 4.32. The fourth-order valence-corrected chi connectivity index (χ4v) is 1.47. The summed E-state index contributed by atoms with van der Waals surface area (Å²) in [5.41, 5.74) is -0.241. The van der Waals surface area contributed by atoms with Gasteiger partial charge in [-0.25, -0.2) is 4.79 Å². The predicted octanol–water partition coefficient (Wildman–Crippen LogP) is 1.41. The van der Waals surface area contributed by atoms with E-state index in [1.165, 1.54) is 6.08 Å². The molecule has 0 fully saturated rings. The van der Waals surface area contributed by atoms with Crippen LogP contribution in [0.15, 0.2) is 11.8 Å². The first kappa shape index (κ1) is 15.9. The van der Waals surface area contributed by atoms with Crippen LogP contribution in [0.5, 0.6) is 0 Å². The van der Waals surface area contributed by atoms with E-state index in [-0.39, 0.29) is 12.3 Å². The molecule has 0 aliphatic rings. The summed E-state index contributed by atoms with van der Waals surface area (Å²) in [5, 5.41) is 0. The number of hydrogen-bond donors (Lipinski definition) is 2. The standard InChI is InChI=1S/C10H19NO5S/c1-3-5-6-7-9(11-17(13,14)15)10(12)16-8-4-2/h7,11H,3-6,8H2,1-2H3,(H,13,14,15). The van der Waals surface area contributed by atoms with E-state index in [1.54, 1.807) is 4.72 Å². The summed E-state index contributed by atoms with van der Waals surface area (Å²) < 4.78 is 36.5. The molecule has 0 amide bonds. The third-order valence-electron chi connectivity index (χ3n) is 1.80. The molecule has 100 valence electrons. The second kappa shape index (κ2) is 8.08. The third-order valence-corrected chi connectivity index (χ3v) is 2.28. The molecule has 0 spiro atoms. The summed E-state index contributed by atoms with van der Waals surface area (Å²) in [6.45, 7) is 4.00. The zero-order valence-corrected chi connectivity index (χ0v) is 10.9. The van der Waals surface area contributed by atoms with Crippen LogP contribution in [0.4, 0.5) is 0 Å². The van der Waals surface area contributed by atoms with E-state index in [0.29, 0.717) is 12.8 Å². The van der Waals surface area contributed by atoms with Gasteiger partial charge in [-0.15, -0.1) is 0 Å². The third kappa shape index (κ3) is 8.70. The fourth-order valence-electron chi connectivity index (χ4n) is 1.03. The van der Waals surface area contributed by atoms with E-state index >= 15 is 0 Å². The number of hydrogen-bond acceptors (Lipinski definition) is 4. The average molecular weight is 265 g/mol. The maximum absolute atomic E-state index is 11.4. The van der Waals surface area contributed by atoms with Crippen molar-refractivity contribution >= 4 is 16.3 Å². The van der Waals surface area contributed by atoms with E-state index in [4.69, 9.17) is 9.29 Å². The van der Waals surface area contributed by atoms with E-state index in [1.807, 2.05) is 13.8 Å². The quantitative estimate of drug-likeness (QED) is 0.299. The van der Waals surface area contributed by atoms with Crippen LogP contribution in [-0.4, -0.2) is 25.5 Å².